The van der Waals surface area contributed by atoms with Gasteiger partial charge in [0.15, 0.2) is 0 Å². The summed E-state index contributed by atoms with van der Waals surface area (Å²) >= 11 is 0. The van der Waals surface area contributed by atoms with Crippen molar-refractivity contribution in [3.63, 3.8) is 0 Å². The van der Waals surface area contributed by atoms with Gasteiger partial charge in [-0.2, -0.15) is 0 Å². The summed E-state index contributed by atoms with van der Waals surface area (Å²) in [4.78, 5) is 0. The van der Waals surface area contributed by atoms with Gasteiger partial charge in [-0.15, -0.1) is 0 Å². The van der Waals surface area contributed by atoms with Gasteiger partial charge in [-0.3, -0.25) is 0 Å². The molecule has 1 saturated carbocycles. The Balaban J connectivity index is 2.05. The number of nitrogens with one attached hydrogen (secondary N) is 1. The highest BCUT2D eigenvalue weighted by Crippen LogP contribution is 2.29. The number of para-hydroxylation sites is 1. The van der Waals surface area contributed by atoms with Crippen LogP contribution in [0.15, 0.2) is 24.3 Å². The molecule has 0 radical (unpaired) electrons. The van der Waals surface area contributed by atoms with Crippen molar-refractivity contribution in [3.8, 4) is 5.75 Å². The van der Waals surface area contributed by atoms with E-state index >= 15 is 0 Å². The van der Waals surface area contributed by atoms with Crippen molar-refractivity contribution in [1.82, 2.24) is 5.32 Å². The number of nitrogens with two attached hydrogens (primary N) is 1. The smallest absolute Gasteiger partial charge is 0.123 e. The number of methoxy groups -OCH3 is 1. The van der Waals surface area contributed by atoms with Gasteiger partial charge in [0.1, 0.15) is 5.75 Å². The first-order chi connectivity index (χ1) is 8.76. The number of hydrogen-bond acceptors (Lipinski definition) is 3. The summed E-state index contributed by atoms with van der Waals surface area (Å²) in [5.74, 6) is 1.59. The Morgan fingerprint density at radius 3 is 2.89 bits per heavy atom. The Labute approximate surface area is 110 Å². The summed E-state index contributed by atoms with van der Waals surface area (Å²) in [5.41, 5.74) is 7.05. The molecule has 1 aliphatic rings. The van der Waals surface area contributed by atoms with Crippen molar-refractivity contribution < 1.29 is 4.74 Å². The minimum atomic E-state index is 0.304. The van der Waals surface area contributed by atoms with Crippen LogP contribution in [0.25, 0.3) is 0 Å². The lowest BCUT2D eigenvalue weighted by molar-refractivity contribution is 0.360. The van der Waals surface area contributed by atoms with Crippen LogP contribution < -0.4 is 15.8 Å². The maximum absolute atomic E-state index is 5.83. The Morgan fingerprint density at radius 1 is 1.39 bits per heavy atom. The van der Waals surface area contributed by atoms with E-state index in [4.69, 9.17) is 10.5 Å². The zero-order valence-electron chi connectivity index (χ0n) is 11.4. The Hall–Kier alpha value is -1.06. The first kappa shape index (κ1) is 13.4. The second-order valence-corrected chi connectivity index (χ2v) is 5.16. The van der Waals surface area contributed by atoms with Gasteiger partial charge in [0.2, 0.25) is 0 Å². The Morgan fingerprint density at radius 2 is 2.17 bits per heavy atom. The molecule has 18 heavy (non-hydrogen) atoms. The fourth-order valence-corrected chi connectivity index (χ4v) is 2.97. The van der Waals surface area contributed by atoms with Gasteiger partial charge in [-0.05, 0) is 38.3 Å². The fourth-order valence-electron chi connectivity index (χ4n) is 2.97. The molecule has 1 aromatic rings. The van der Waals surface area contributed by atoms with Gasteiger partial charge in [-0.25, -0.2) is 0 Å². The Bertz CT molecular complexity index is 381. The van der Waals surface area contributed by atoms with Crippen LogP contribution in [0.5, 0.6) is 5.75 Å². The van der Waals surface area contributed by atoms with Crippen LogP contribution in [0.1, 0.15) is 37.8 Å². The SMILES string of the molecule is COc1ccccc1[C@@H](C)NC1CCCC1CN. The molecule has 3 N–H and O–H groups in total. The lowest BCUT2D eigenvalue weighted by atomic mass is 10.0. The molecule has 1 aliphatic carbocycles. The van der Waals surface area contributed by atoms with E-state index in [1.54, 1.807) is 7.11 Å². The fraction of sp³-hybridized carbons (Fsp3) is 0.600. The molecule has 3 heteroatoms. The molecule has 0 heterocycles. The van der Waals surface area contributed by atoms with E-state index in [1.807, 2.05) is 12.1 Å². The molecule has 1 fully saturated rings. The predicted octanol–water partition coefficient (Wildman–Crippen LogP) is 2.47. The largest absolute Gasteiger partial charge is 0.496 e. The van der Waals surface area contributed by atoms with Crippen LogP contribution in [0.3, 0.4) is 0 Å². The highest BCUT2D eigenvalue weighted by atomic mass is 16.5. The van der Waals surface area contributed by atoms with Crippen molar-refractivity contribution in [3.05, 3.63) is 29.8 Å². The van der Waals surface area contributed by atoms with Gasteiger partial charge in [0.25, 0.3) is 0 Å². The monoisotopic (exact) mass is 248 g/mol. The van der Waals surface area contributed by atoms with Crippen LogP contribution in [0.2, 0.25) is 0 Å². The minimum Gasteiger partial charge on any atom is -0.496 e. The summed E-state index contributed by atoms with van der Waals surface area (Å²) in [6, 6.07) is 9.07. The summed E-state index contributed by atoms with van der Waals surface area (Å²) < 4.78 is 5.42. The highest BCUT2D eigenvalue weighted by Gasteiger charge is 2.27. The molecule has 0 saturated heterocycles. The maximum atomic E-state index is 5.83. The van der Waals surface area contributed by atoms with Crippen LogP contribution in [-0.2, 0) is 0 Å². The number of rotatable bonds is 5. The molecule has 0 aromatic heterocycles. The third-order valence-corrected chi connectivity index (χ3v) is 4.03. The lowest BCUT2D eigenvalue weighted by Crippen LogP contribution is -2.37. The average Bonchev–Trinajstić information content (AvgIpc) is 2.85. The van der Waals surface area contributed by atoms with Gasteiger partial charge in [0.05, 0.1) is 7.11 Å². The van der Waals surface area contributed by atoms with Gasteiger partial charge in [-0.1, -0.05) is 24.6 Å². The molecule has 100 valence electrons. The zero-order chi connectivity index (χ0) is 13.0. The molecular weight excluding hydrogens is 224 g/mol. The van der Waals surface area contributed by atoms with Gasteiger partial charge in [0, 0.05) is 17.6 Å². The zero-order valence-corrected chi connectivity index (χ0v) is 11.4. The molecule has 0 bridgehead atoms. The third kappa shape index (κ3) is 2.85. The summed E-state index contributed by atoms with van der Waals surface area (Å²) in [7, 11) is 1.73. The van der Waals surface area contributed by atoms with E-state index in [1.165, 1.54) is 24.8 Å². The lowest BCUT2D eigenvalue weighted by Gasteiger charge is -2.25. The summed E-state index contributed by atoms with van der Waals surface area (Å²) in [6.07, 6.45) is 3.78. The van der Waals surface area contributed by atoms with E-state index in [-0.39, 0.29) is 0 Å². The van der Waals surface area contributed by atoms with E-state index in [9.17, 15) is 0 Å². The molecular formula is C15H24N2O. The normalized spacial score (nSPS) is 25.1. The van der Waals surface area contributed by atoms with Crippen molar-refractivity contribution in [2.75, 3.05) is 13.7 Å². The molecule has 0 spiro atoms. The minimum absolute atomic E-state index is 0.304. The second-order valence-electron chi connectivity index (χ2n) is 5.16. The standard InChI is InChI=1S/C15H24N2O/c1-11(13-7-3-4-9-15(13)18-2)17-14-8-5-6-12(14)10-16/h3-4,7,9,11-12,14,17H,5-6,8,10,16H2,1-2H3/t11-,12?,14?/m1/s1. The Kier molecular flexibility index (Phi) is 4.61. The molecule has 0 aliphatic heterocycles. The quantitative estimate of drug-likeness (QED) is 0.841. The van der Waals surface area contributed by atoms with E-state index in [0.29, 0.717) is 18.0 Å². The molecule has 0 amide bonds. The molecule has 3 atom stereocenters. The van der Waals surface area contributed by atoms with E-state index < -0.39 is 0 Å². The van der Waals surface area contributed by atoms with E-state index in [2.05, 4.69) is 24.4 Å². The molecule has 2 rings (SSSR count). The van der Waals surface area contributed by atoms with Crippen LogP contribution in [-0.4, -0.2) is 19.7 Å². The first-order valence-electron chi connectivity index (χ1n) is 6.85. The highest BCUT2D eigenvalue weighted by molar-refractivity contribution is 5.35. The molecule has 1 aromatic carbocycles. The predicted molar refractivity (Wildman–Crippen MR) is 74.7 cm³/mol. The van der Waals surface area contributed by atoms with Crippen LogP contribution in [0, 0.1) is 5.92 Å². The average molecular weight is 248 g/mol. The third-order valence-electron chi connectivity index (χ3n) is 4.03. The second kappa shape index (κ2) is 6.21. The van der Waals surface area contributed by atoms with Crippen LogP contribution in [0.4, 0.5) is 0 Å². The van der Waals surface area contributed by atoms with Crippen molar-refractivity contribution in [2.45, 2.75) is 38.3 Å². The maximum Gasteiger partial charge on any atom is 0.123 e. The van der Waals surface area contributed by atoms with E-state index in [0.717, 1.165) is 12.3 Å². The topological polar surface area (TPSA) is 47.3 Å². The number of hydrogen-bond donors (Lipinski definition) is 2. The molecule has 3 nitrogen and oxygen atoms in total. The van der Waals surface area contributed by atoms with Crippen LogP contribution >= 0.6 is 0 Å². The van der Waals surface area contributed by atoms with Crippen molar-refractivity contribution in [2.24, 2.45) is 11.7 Å². The van der Waals surface area contributed by atoms with Gasteiger partial charge < -0.3 is 15.8 Å². The summed E-state index contributed by atoms with van der Waals surface area (Å²) in [6.45, 7) is 2.99. The molecule has 2 unspecified atom stereocenters. The van der Waals surface area contributed by atoms with Crippen molar-refractivity contribution in [1.29, 1.82) is 0 Å². The number of benzene rings is 1. The first-order valence-corrected chi connectivity index (χ1v) is 6.85. The van der Waals surface area contributed by atoms with Gasteiger partial charge >= 0.3 is 0 Å². The van der Waals surface area contributed by atoms with Crippen molar-refractivity contribution >= 4 is 0 Å². The number of ether oxygens (including phenoxy) is 1. The summed E-state index contributed by atoms with van der Waals surface area (Å²) in [5, 5.41) is 3.71.